The molecule has 1 fully saturated rings. The number of benzene rings is 2. The molecule has 2 amide bonds. The van der Waals surface area contributed by atoms with Crippen LogP contribution in [0.3, 0.4) is 0 Å². The third kappa shape index (κ3) is 4.59. The van der Waals surface area contributed by atoms with Gasteiger partial charge in [-0.25, -0.2) is 0 Å². The smallest absolute Gasteiger partial charge is 0.311 e. The summed E-state index contributed by atoms with van der Waals surface area (Å²) < 4.78 is 6.06. The Morgan fingerprint density at radius 2 is 1.79 bits per heavy atom. The van der Waals surface area contributed by atoms with E-state index in [2.05, 4.69) is 21.2 Å². The lowest BCUT2D eigenvalue weighted by Gasteiger charge is -2.16. The lowest BCUT2D eigenvalue weighted by molar-refractivity contribution is -0.151. The topological polar surface area (TPSA) is 75.7 Å². The maximum absolute atomic E-state index is 12.3. The molecule has 1 aliphatic rings. The molecule has 1 saturated heterocycles. The van der Waals surface area contributed by atoms with Gasteiger partial charge in [0, 0.05) is 28.8 Å². The molecule has 0 radical (unpaired) electrons. The van der Waals surface area contributed by atoms with Crippen LogP contribution in [-0.2, 0) is 19.1 Å². The van der Waals surface area contributed by atoms with Crippen LogP contribution in [0, 0.1) is 19.8 Å². The third-order valence-electron chi connectivity index (χ3n) is 4.69. The van der Waals surface area contributed by atoms with E-state index >= 15 is 0 Å². The van der Waals surface area contributed by atoms with Crippen LogP contribution in [0.2, 0.25) is 0 Å². The summed E-state index contributed by atoms with van der Waals surface area (Å²) in [5.41, 5.74) is 3.33. The maximum atomic E-state index is 12.3. The number of ether oxygens (including phenoxy) is 1. The van der Waals surface area contributed by atoms with E-state index < -0.39 is 17.8 Å². The summed E-state index contributed by atoms with van der Waals surface area (Å²) in [6, 6.07) is 13.0. The minimum absolute atomic E-state index is 0.0768. The molecule has 0 unspecified atom stereocenters. The second kappa shape index (κ2) is 8.56. The van der Waals surface area contributed by atoms with Crippen LogP contribution in [0.1, 0.15) is 17.5 Å². The zero-order valence-corrected chi connectivity index (χ0v) is 17.3. The molecule has 28 heavy (non-hydrogen) atoms. The van der Waals surface area contributed by atoms with Crippen LogP contribution in [0.5, 0.6) is 0 Å². The molecule has 0 aromatic heterocycles. The van der Waals surface area contributed by atoms with E-state index in [9.17, 15) is 14.4 Å². The van der Waals surface area contributed by atoms with Gasteiger partial charge in [0.05, 0.1) is 5.92 Å². The maximum Gasteiger partial charge on any atom is 0.311 e. The van der Waals surface area contributed by atoms with Gasteiger partial charge in [0.25, 0.3) is 5.91 Å². The van der Waals surface area contributed by atoms with E-state index in [0.717, 1.165) is 27.0 Å². The van der Waals surface area contributed by atoms with Crippen molar-refractivity contribution in [3.8, 4) is 0 Å². The van der Waals surface area contributed by atoms with Gasteiger partial charge in [0.15, 0.2) is 6.61 Å². The molecule has 146 valence electrons. The van der Waals surface area contributed by atoms with Gasteiger partial charge >= 0.3 is 5.97 Å². The van der Waals surface area contributed by atoms with Gasteiger partial charge in [-0.3, -0.25) is 14.4 Å². The second-order valence-electron chi connectivity index (χ2n) is 6.80. The van der Waals surface area contributed by atoms with Gasteiger partial charge in [0.1, 0.15) is 0 Å². The van der Waals surface area contributed by atoms with Crippen molar-refractivity contribution in [3.05, 3.63) is 58.1 Å². The Labute approximate surface area is 172 Å². The van der Waals surface area contributed by atoms with E-state index in [4.69, 9.17) is 4.74 Å². The molecule has 6 nitrogen and oxygen atoms in total. The van der Waals surface area contributed by atoms with Crippen molar-refractivity contribution in [2.75, 3.05) is 23.4 Å². The summed E-state index contributed by atoms with van der Waals surface area (Å²) in [6.07, 6.45) is 0.0768. The van der Waals surface area contributed by atoms with Crippen LogP contribution in [0.25, 0.3) is 0 Å². The van der Waals surface area contributed by atoms with Crippen LogP contribution in [0.4, 0.5) is 11.4 Å². The van der Waals surface area contributed by atoms with Gasteiger partial charge in [-0.2, -0.15) is 0 Å². The first-order valence-electron chi connectivity index (χ1n) is 8.94. The first-order valence-corrected chi connectivity index (χ1v) is 9.73. The molecular weight excluding hydrogens is 424 g/mol. The first kappa shape index (κ1) is 20.1. The fourth-order valence-corrected chi connectivity index (χ4v) is 3.44. The minimum Gasteiger partial charge on any atom is -0.455 e. The van der Waals surface area contributed by atoms with Gasteiger partial charge in [-0.05, 0) is 49.2 Å². The van der Waals surface area contributed by atoms with Crippen molar-refractivity contribution in [1.29, 1.82) is 0 Å². The third-order valence-corrected chi connectivity index (χ3v) is 5.22. The van der Waals surface area contributed by atoms with Crippen molar-refractivity contribution >= 4 is 45.1 Å². The molecule has 0 bridgehead atoms. The van der Waals surface area contributed by atoms with Crippen LogP contribution < -0.4 is 10.2 Å². The van der Waals surface area contributed by atoms with Crippen molar-refractivity contribution in [2.24, 2.45) is 5.92 Å². The zero-order chi connectivity index (χ0) is 20.3. The number of halogens is 1. The number of rotatable bonds is 5. The summed E-state index contributed by atoms with van der Waals surface area (Å²) in [7, 11) is 0. The Morgan fingerprint density at radius 1 is 1.14 bits per heavy atom. The van der Waals surface area contributed by atoms with Crippen molar-refractivity contribution in [1.82, 2.24) is 0 Å². The fraction of sp³-hybridized carbons (Fsp3) is 0.286. The second-order valence-corrected chi connectivity index (χ2v) is 7.72. The summed E-state index contributed by atoms with van der Waals surface area (Å²) in [4.78, 5) is 38.3. The van der Waals surface area contributed by atoms with E-state index in [1.54, 1.807) is 4.90 Å². The average Bonchev–Trinajstić information content (AvgIpc) is 3.05. The highest BCUT2D eigenvalue weighted by Gasteiger charge is 2.36. The standard InChI is InChI=1S/C21H21BrN2O4/c1-13-4-3-5-14(2)20(13)23-18(25)12-28-21(27)15-10-19(26)24(11-15)17-8-6-16(22)7-9-17/h3-9,15H,10-12H2,1-2H3,(H,23,25)/t15-/m1/s1. The van der Waals surface area contributed by atoms with Crippen molar-refractivity contribution in [3.63, 3.8) is 0 Å². The molecule has 7 heteroatoms. The van der Waals surface area contributed by atoms with Gasteiger partial charge in [-0.15, -0.1) is 0 Å². The number of aryl methyl sites for hydroxylation is 2. The lowest BCUT2D eigenvalue weighted by atomic mass is 10.1. The quantitative estimate of drug-likeness (QED) is 0.714. The molecule has 1 aliphatic heterocycles. The number of anilines is 2. The predicted octanol–water partition coefficient (Wildman–Crippen LogP) is 3.60. The fourth-order valence-electron chi connectivity index (χ4n) is 3.18. The van der Waals surface area contributed by atoms with Crippen LogP contribution in [-0.4, -0.2) is 30.9 Å². The minimum atomic E-state index is -0.579. The Balaban J connectivity index is 1.54. The number of hydrogen-bond acceptors (Lipinski definition) is 4. The lowest BCUT2D eigenvalue weighted by Crippen LogP contribution is -2.28. The van der Waals surface area contributed by atoms with Crippen LogP contribution >= 0.6 is 15.9 Å². The molecule has 3 rings (SSSR count). The summed E-state index contributed by atoms with van der Waals surface area (Å²) in [6.45, 7) is 3.67. The Hall–Kier alpha value is -2.67. The SMILES string of the molecule is Cc1cccc(C)c1NC(=O)COC(=O)[C@@H]1CC(=O)N(c2ccc(Br)cc2)C1. The van der Waals surface area contributed by atoms with Gasteiger partial charge < -0.3 is 15.0 Å². The largest absolute Gasteiger partial charge is 0.455 e. The highest BCUT2D eigenvalue weighted by molar-refractivity contribution is 9.10. The van der Waals surface area contributed by atoms with Crippen LogP contribution in [0.15, 0.2) is 46.9 Å². The number of nitrogens with one attached hydrogen (secondary N) is 1. The predicted molar refractivity (Wildman–Crippen MR) is 110 cm³/mol. The number of amides is 2. The Bertz CT molecular complexity index is 891. The van der Waals surface area contributed by atoms with E-state index in [1.165, 1.54) is 0 Å². The summed E-state index contributed by atoms with van der Waals surface area (Å²) in [5, 5.41) is 2.78. The first-order chi connectivity index (χ1) is 13.3. The molecule has 1 atom stereocenters. The number of carbonyl (C=O) groups is 3. The monoisotopic (exact) mass is 444 g/mol. The molecule has 1 heterocycles. The van der Waals surface area contributed by atoms with E-state index in [1.807, 2.05) is 56.3 Å². The summed E-state index contributed by atoms with van der Waals surface area (Å²) in [5.74, 6) is -1.65. The van der Waals surface area contributed by atoms with E-state index in [-0.39, 0.29) is 25.5 Å². The molecule has 1 N–H and O–H groups in total. The molecule has 0 saturated carbocycles. The van der Waals surface area contributed by atoms with Crippen molar-refractivity contribution in [2.45, 2.75) is 20.3 Å². The number of para-hydroxylation sites is 1. The van der Waals surface area contributed by atoms with Crippen molar-refractivity contribution < 1.29 is 19.1 Å². The highest BCUT2D eigenvalue weighted by atomic mass is 79.9. The number of nitrogens with zero attached hydrogens (tertiary/aromatic N) is 1. The number of esters is 1. The average molecular weight is 445 g/mol. The molecular formula is C21H21BrN2O4. The molecule has 0 spiro atoms. The molecule has 0 aliphatic carbocycles. The Kier molecular flexibility index (Phi) is 6.14. The number of carbonyl (C=O) groups excluding carboxylic acids is 3. The molecule has 2 aromatic rings. The normalized spacial score (nSPS) is 16.2. The molecule has 2 aromatic carbocycles. The van der Waals surface area contributed by atoms with E-state index in [0.29, 0.717) is 0 Å². The van der Waals surface area contributed by atoms with Gasteiger partial charge in [0.2, 0.25) is 5.91 Å². The number of hydrogen-bond donors (Lipinski definition) is 1. The summed E-state index contributed by atoms with van der Waals surface area (Å²) >= 11 is 3.36. The van der Waals surface area contributed by atoms with Gasteiger partial charge in [-0.1, -0.05) is 34.1 Å². The highest BCUT2D eigenvalue weighted by Crippen LogP contribution is 2.27. The Morgan fingerprint density at radius 3 is 2.43 bits per heavy atom. The zero-order valence-electron chi connectivity index (χ0n) is 15.7.